The van der Waals surface area contributed by atoms with Crippen LogP contribution >= 0.6 is 0 Å². The van der Waals surface area contributed by atoms with E-state index in [2.05, 4.69) is 0 Å². The smallest absolute Gasteiger partial charge is 0.392 e. The molecule has 0 spiro atoms. The molecule has 0 saturated carbocycles. The van der Waals surface area contributed by atoms with Crippen molar-refractivity contribution in [3.05, 3.63) is 0 Å². The average molecular weight is 90.1 g/mol. The molecule has 0 aliphatic heterocycles. The molecule has 6 heavy (non-hydrogen) atoms. The zero-order valence-electron chi connectivity index (χ0n) is 5.18. The van der Waals surface area contributed by atoms with Crippen molar-refractivity contribution in [2.45, 2.75) is 26.0 Å². The quantitative estimate of drug-likeness (QED) is 0.469. The van der Waals surface area contributed by atoms with Crippen LogP contribution in [0.2, 0.25) is 0 Å². The Morgan fingerprint density at radius 3 is 1.83 bits per heavy atom. The summed E-state index contributed by atoms with van der Waals surface area (Å²) in [6.45, 7) is 3.44. The fraction of sp³-hybridized carbons (Fsp3) is 1.00. The minimum atomic E-state index is -0.370. The predicted octanol–water partition coefficient (Wildman–Crippen LogP) is -0.173. The van der Waals surface area contributed by atoms with Crippen molar-refractivity contribution >= 4 is 0 Å². The Hall–Kier alpha value is -0.0800. The molecule has 0 aromatic heterocycles. The van der Waals surface area contributed by atoms with Gasteiger partial charge in [-0.05, 0) is 13.8 Å². The monoisotopic (exact) mass is 90.1 g/mol. The zero-order chi connectivity index (χ0) is 5.15. The van der Waals surface area contributed by atoms with Crippen molar-refractivity contribution in [1.29, 1.82) is 0 Å². The van der Waals surface area contributed by atoms with Gasteiger partial charge in [-0.2, -0.15) is 0 Å². The highest BCUT2D eigenvalue weighted by molar-refractivity contribution is 4.57. The first-order valence-corrected chi connectivity index (χ1v) is 2.08. The maximum absolute atomic E-state index is 8.50. The van der Waals surface area contributed by atoms with Gasteiger partial charge in [-0.1, -0.05) is 0 Å². The van der Waals surface area contributed by atoms with Gasteiger partial charge in [0.05, 0.1) is 6.10 Å². The summed E-state index contributed by atoms with van der Waals surface area (Å²) in [5, 5.41) is 8.50. The highest BCUT2D eigenvalue weighted by Crippen LogP contribution is 1.81. The van der Waals surface area contributed by atoms with Gasteiger partial charge in [-0.25, -0.2) is 0 Å². The van der Waals surface area contributed by atoms with E-state index in [9.17, 15) is 0 Å². The number of nitrogens with two attached hydrogens (primary N) is 1. The van der Waals surface area contributed by atoms with Crippen molar-refractivity contribution in [2.75, 3.05) is 0 Å². The van der Waals surface area contributed by atoms with Gasteiger partial charge in [-0.3, -0.25) is 0 Å². The first-order chi connectivity index (χ1) is 2.64. The SMILES string of the molecule is C[C@H](N)[C@H](C)O.[H+]. The van der Waals surface area contributed by atoms with E-state index in [1.807, 2.05) is 0 Å². The van der Waals surface area contributed by atoms with E-state index >= 15 is 0 Å². The number of aliphatic hydroxyl groups excluding tert-OH is 1. The molecule has 0 heterocycles. The van der Waals surface area contributed by atoms with Crippen LogP contribution < -0.4 is 5.73 Å². The molecular formula is C4H12NO+. The minimum absolute atomic E-state index is 0. The van der Waals surface area contributed by atoms with Crippen molar-refractivity contribution < 1.29 is 6.53 Å². The lowest BCUT2D eigenvalue weighted by Gasteiger charge is -2.04. The molecule has 0 saturated heterocycles. The Kier molecular flexibility index (Phi) is 2.13. The summed E-state index contributed by atoms with van der Waals surface area (Å²) in [4.78, 5) is 0. The van der Waals surface area contributed by atoms with Crippen LogP contribution in [0.15, 0.2) is 0 Å². The predicted molar refractivity (Wildman–Crippen MR) is 26.4 cm³/mol. The molecule has 0 aliphatic rings. The molecule has 38 valence electrons. The lowest BCUT2D eigenvalue weighted by molar-refractivity contribution is 0.170. The molecule has 0 unspecified atom stereocenters. The van der Waals surface area contributed by atoms with E-state index in [4.69, 9.17) is 10.8 Å². The summed E-state index contributed by atoms with van der Waals surface area (Å²) in [5.74, 6) is 0. The van der Waals surface area contributed by atoms with E-state index in [1.54, 1.807) is 13.8 Å². The first-order valence-electron chi connectivity index (χ1n) is 2.08. The zero-order valence-corrected chi connectivity index (χ0v) is 4.18. The van der Waals surface area contributed by atoms with Gasteiger partial charge >= 0.3 is 1.43 Å². The van der Waals surface area contributed by atoms with Crippen LogP contribution in [0.25, 0.3) is 0 Å². The molecule has 0 aromatic rings. The average Bonchev–Trinajstić information content (AvgIpc) is 1.36. The van der Waals surface area contributed by atoms with Crippen LogP contribution in [0.5, 0.6) is 0 Å². The number of rotatable bonds is 1. The molecular weight excluding hydrogens is 78.0 g/mol. The third kappa shape index (κ3) is 2.18. The second-order valence-corrected chi connectivity index (χ2v) is 1.60. The maximum Gasteiger partial charge on any atom is 1.00 e. The van der Waals surface area contributed by atoms with E-state index in [0.717, 1.165) is 0 Å². The fourth-order valence-electron chi connectivity index (χ4n) is 0. The Morgan fingerprint density at radius 2 is 1.83 bits per heavy atom. The van der Waals surface area contributed by atoms with Crippen LogP contribution in [0, 0.1) is 0 Å². The van der Waals surface area contributed by atoms with E-state index < -0.39 is 0 Å². The summed E-state index contributed by atoms with van der Waals surface area (Å²) < 4.78 is 0. The summed E-state index contributed by atoms with van der Waals surface area (Å²) >= 11 is 0. The van der Waals surface area contributed by atoms with Crippen molar-refractivity contribution in [3.8, 4) is 0 Å². The molecule has 2 heteroatoms. The Morgan fingerprint density at radius 1 is 1.67 bits per heavy atom. The fourth-order valence-corrected chi connectivity index (χ4v) is 0. The molecule has 0 aromatic carbocycles. The largest absolute Gasteiger partial charge is 1.00 e. The molecule has 0 rings (SSSR count). The van der Waals surface area contributed by atoms with Crippen LogP contribution in [-0.4, -0.2) is 17.3 Å². The molecule has 2 nitrogen and oxygen atoms in total. The summed E-state index contributed by atoms with van der Waals surface area (Å²) in [6.07, 6.45) is -0.370. The Balaban J connectivity index is 0. The molecule has 0 amide bonds. The van der Waals surface area contributed by atoms with Crippen LogP contribution in [0.1, 0.15) is 15.3 Å². The van der Waals surface area contributed by atoms with E-state index in [1.165, 1.54) is 0 Å². The molecule has 0 aliphatic carbocycles. The summed E-state index contributed by atoms with van der Waals surface area (Å²) in [7, 11) is 0. The third-order valence-corrected chi connectivity index (χ3v) is 0.761. The lowest BCUT2D eigenvalue weighted by atomic mass is 10.2. The van der Waals surface area contributed by atoms with E-state index in [0.29, 0.717) is 0 Å². The van der Waals surface area contributed by atoms with Crippen molar-refractivity contribution in [2.24, 2.45) is 5.73 Å². The molecule has 0 bridgehead atoms. The second kappa shape index (κ2) is 2.16. The van der Waals surface area contributed by atoms with Crippen LogP contribution in [-0.2, 0) is 0 Å². The van der Waals surface area contributed by atoms with Gasteiger partial charge in [0, 0.05) is 6.04 Å². The maximum atomic E-state index is 8.50. The van der Waals surface area contributed by atoms with E-state index in [-0.39, 0.29) is 13.6 Å². The van der Waals surface area contributed by atoms with Gasteiger partial charge < -0.3 is 10.8 Å². The number of hydrogen-bond acceptors (Lipinski definition) is 2. The van der Waals surface area contributed by atoms with Crippen molar-refractivity contribution in [3.63, 3.8) is 0 Å². The first kappa shape index (κ1) is 5.92. The Labute approximate surface area is 39.5 Å². The highest BCUT2D eigenvalue weighted by atomic mass is 16.3. The topological polar surface area (TPSA) is 46.2 Å². The summed E-state index contributed by atoms with van der Waals surface area (Å²) in [6, 6.07) is -0.0926. The van der Waals surface area contributed by atoms with Crippen molar-refractivity contribution in [1.82, 2.24) is 0 Å². The minimum Gasteiger partial charge on any atom is -0.392 e. The van der Waals surface area contributed by atoms with Gasteiger partial charge in [-0.15, -0.1) is 0 Å². The van der Waals surface area contributed by atoms with Gasteiger partial charge in [0.25, 0.3) is 0 Å². The molecule has 2 atom stereocenters. The van der Waals surface area contributed by atoms with Crippen LogP contribution in [0.4, 0.5) is 0 Å². The molecule has 0 fully saturated rings. The highest BCUT2D eigenvalue weighted by Gasteiger charge is 1.97. The molecule has 0 radical (unpaired) electrons. The second-order valence-electron chi connectivity index (χ2n) is 1.60. The van der Waals surface area contributed by atoms with Gasteiger partial charge in [0.15, 0.2) is 0 Å². The van der Waals surface area contributed by atoms with Crippen LogP contribution in [0.3, 0.4) is 0 Å². The lowest BCUT2D eigenvalue weighted by Crippen LogP contribution is -2.28. The molecule has 3 N–H and O–H groups in total. The Bertz CT molecular complexity index is 32.7. The van der Waals surface area contributed by atoms with Gasteiger partial charge in [0.2, 0.25) is 0 Å². The van der Waals surface area contributed by atoms with Gasteiger partial charge in [0.1, 0.15) is 0 Å². The number of hydrogen-bond donors (Lipinski definition) is 2. The normalized spacial score (nSPS) is 20.0. The standard InChI is InChI=1S/C4H11NO/c1-3(5)4(2)6/h3-4,6H,5H2,1-2H3/p+1/t3-,4-/m0/s1. The number of aliphatic hydroxyl groups is 1. The summed E-state index contributed by atoms with van der Waals surface area (Å²) in [5.41, 5.74) is 5.19. The third-order valence-electron chi connectivity index (χ3n) is 0.761.